The predicted octanol–water partition coefficient (Wildman–Crippen LogP) is 4.62. The summed E-state index contributed by atoms with van der Waals surface area (Å²) in [6.07, 6.45) is 1.76. The minimum absolute atomic E-state index is 0. The molecule has 1 N–H and O–H groups in total. The highest BCUT2D eigenvalue weighted by Crippen LogP contribution is 2.26. The topological polar surface area (TPSA) is 66.5 Å². The molecule has 1 unspecified atom stereocenters. The standard InChI is InChI=1S/C22H24ClN5O.HI/c1-24-22(28-13-11-18(15-28)16-6-3-2-4-7-16)25-12-10-20-26-21(27-29-20)17-8-5-9-19(23)14-17;/h2-9,14,18H,10-13,15H2,1H3,(H,24,25);1H. The summed E-state index contributed by atoms with van der Waals surface area (Å²) in [5.74, 6) is 2.60. The average molecular weight is 538 g/mol. The molecule has 0 bridgehead atoms. The summed E-state index contributed by atoms with van der Waals surface area (Å²) >= 11 is 6.03. The summed E-state index contributed by atoms with van der Waals surface area (Å²) in [6, 6.07) is 18.1. The Morgan fingerprint density at radius 2 is 2.07 bits per heavy atom. The van der Waals surface area contributed by atoms with Crippen molar-refractivity contribution < 1.29 is 4.52 Å². The van der Waals surface area contributed by atoms with Crippen LogP contribution in [0.5, 0.6) is 0 Å². The molecule has 0 aliphatic carbocycles. The van der Waals surface area contributed by atoms with Gasteiger partial charge in [-0.3, -0.25) is 4.99 Å². The molecule has 1 aliphatic heterocycles. The van der Waals surface area contributed by atoms with Gasteiger partial charge in [0.2, 0.25) is 11.7 Å². The van der Waals surface area contributed by atoms with Crippen molar-refractivity contribution in [3.63, 3.8) is 0 Å². The lowest BCUT2D eigenvalue weighted by Crippen LogP contribution is -2.40. The Hall–Kier alpha value is -2.13. The van der Waals surface area contributed by atoms with E-state index in [2.05, 4.69) is 55.7 Å². The van der Waals surface area contributed by atoms with Crippen LogP contribution < -0.4 is 5.32 Å². The maximum Gasteiger partial charge on any atom is 0.228 e. The second kappa shape index (κ2) is 10.8. The molecule has 0 radical (unpaired) electrons. The van der Waals surface area contributed by atoms with E-state index in [9.17, 15) is 0 Å². The van der Waals surface area contributed by atoms with Crippen molar-refractivity contribution in [2.24, 2.45) is 4.99 Å². The van der Waals surface area contributed by atoms with Crippen molar-refractivity contribution in [1.29, 1.82) is 0 Å². The van der Waals surface area contributed by atoms with Crippen molar-refractivity contribution in [3.8, 4) is 11.4 Å². The summed E-state index contributed by atoms with van der Waals surface area (Å²) in [7, 11) is 1.82. The Balaban J connectivity index is 0.00000256. The molecule has 1 saturated heterocycles. The average Bonchev–Trinajstić information content (AvgIpc) is 3.42. The molecule has 6 nitrogen and oxygen atoms in total. The first-order valence-electron chi connectivity index (χ1n) is 9.82. The van der Waals surface area contributed by atoms with E-state index >= 15 is 0 Å². The van der Waals surface area contributed by atoms with Crippen LogP contribution in [-0.4, -0.2) is 47.7 Å². The molecule has 8 heteroatoms. The number of rotatable bonds is 5. The van der Waals surface area contributed by atoms with E-state index in [4.69, 9.17) is 16.1 Å². The third-order valence-corrected chi connectivity index (χ3v) is 5.38. The predicted molar refractivity (Wildman–Crippen MR) is 131 cm³/mol. The number of halogens is 2. The van der Waals surface area contributed by atoms with Gasteiger partial charge in [0.05, 0.1) is 0 Å². The molecule has 0 saturated carbocycles. The van der Waals surface area contributed by atoms with Crippen molar-refractivity contribution in [3.05, 3.63) is 71.1 Å². The number of guanidine groups is 1. The molecule has 1 aromatic heterocycles. The SMILES string of the molecule is CN=C(NCCc1nc(-c2cccc(Cl)c2)no1)N1CCC(c2ccccc2)C1.I. The quantitative estimate of drug-likeness (QED) is 0.292. The zero-order valence-corrected chi connectivity index (χ0v) is 19.9. The maximum atomic E-state index is 6.03. The number of likely N-dealkylation sites (tertiary alicyclic amines) is 1. The van der Waals surface area contributed by atoms with Gasteiger partial charge in [-0.1, -0.05) is 59.2 Å². The zero-order valence-electron chi connectivity index (χ0n) is 16.8. The molecular weight excluding hydrogens is 513 g/mol. The van der Waals surface area contributed by atoms with Gasteiger partial charge in [0.25, 0.3) is 0 Å². The molecule has 1 aliphatic rings. The molecule has 2 heterocycles. The molecule has 0 amide bonds. The lowest BCUT2D eigenvalue weighted by atomic mass is 9.99. The number of aliphatic imine (C=N–C) groups is 1. The molecule has 30 heavy (non-hydrogen) atoms. The number of nitrogens with one attached hydrogen (secondary N) is 1. The Morgan fingerprint density at radius 1 is 1.23 bits per heavy atom. The van der Waals surface area contributed by atoms with Gasteiger partial charge < -0.3 is 14.7 Å². The molecule has 3 aromatic rings. The molecule has 1 atom stereocenters. The third kappa shape index (κ3) is 5.51. The largest absolute Gasteiger partial charge is 0.356 e. The molecule has 158 valence electrons. The summed E-state index contributed by atoms with van der Waals surface area (Å²) in [5.41, 5.74) is 2.24. The second-order valence-electron chi connectivity index (χ2n) is 7.09. The van der Waals surface area contributed by atoms with E-state index in [1.165, 1.54) is 5.56 Å². The van der Waals surface area contributed by atoms with Crippen LogP contribution in [0.4, 0.5) is 0 Å². The highest BCUT2D eigenvalue weighted by atomic mass is 127. The van der Waals surface area contributed by atoms with Crippen LogP contribution in [0, 0.1) is 0 Å². The van der Waals surface area contributed by atoms with Gasteiger partial charge in [0.1, 0.15) is 0 Å². The van der Waals surface area contributed by atoms with E-state index in [0.717, 1.165) is 31.0 Å². The first-order valence-corrected chi connectivity index (χ1v) is 10.2. The number of aromatic nitrogens is 2. The molecule has 2 aromatic carbocycles. The van der Waals surface area contributed by atoms with E-state index in [1.54, 1.807) is 0 Å². The zero-order chi connectivity index (χ0) is 20.1. The van der Waals surface area contributed by atoms with Crippen LogP contribution in [0.25, 0.3) is 11.4 Å². The van der Waals surface area contributed by atoms with Crippen LogP contribution in [0.15, 0.2) is 64.1 Å². The molecular formula is C22H25ClIN5O. The van der Waals surface area contributed by atoms with Gasteiger partial charge in [0, 0.05) is 49.6 Å². The number of benzene rings is 2. The third-order valence-electron chi connectivity index (χ3n) is 5.14. The summed E-state index contributed by atoms with van der Waals surface area (Å²) in [5, 5.41) is 8.12. The molecule has 0 spiro atoms. The first kappa shape index (κ1) is 22.6. The van der Waals surface area contributed by atoms with Gasteiger partial charge in [-0.15, -0.1) is 24.0 Å². The van der Waals surface area contributed by atoms with E-state index in [0.29, 0.717) is 35.6 Å². The minimum atomic E-state index is 0. The van der Waals surface area contributed by atoms with Crippen LogP contribution in [0.3, 0.4) is 0 Å². The van der Waals surface area contributed by atoms with E-state index in [-0.39, 0.29) is 24.0 Å². The lowest BCUT2D eigenvalue weighted by Gasteiger charge is -2.21. The van der Waals surface area contributed by atoms with Crippen molar-refractivity contribution >= 4 is 41.5 Å². The second-order valence-corrected chi connectivity index (χ2v) is 7.52. The maximum absolute atomic E-state index is 6.03. The minimum Gasteiger partial charge on any atom is -0.356 e. The van der Waals surface area contributed by atoms with Crippen molar-refractivity contribution in [1.82, 2.24) is 20.4 Å². The van der Waals surface area contributed by atoms with E-state index < -0.39 is 0 Å². The van der Waals surface area contributed by atoms with Crippen LogP contribution >= 0.6 is 35.6 Å². The normalized spacial score (nSPS) is 16.4. The fourth-order valence-corrected chi connectivity index (χ4v) is 3.85. The Labute approximate surface area is 198 Å². The first-order chi connectivity index (χ1) is 14.2. The van der Waals surface area contributed by atoms with E-state index in [1.807, 2.05) is 31.3 Å². The highest BCUT2D eigenvalue weighted by molar-refractivity contribution is 14.0. The van der Waals surface area contributed by atoms with Crippen LogP contribution in [0.2, 0.25) is 5.02 Å². The van der Waals surface area contributed by atoms with Gasteiger partial charge >= 0.3 is 0 Å². The highest BCUT2D eigenvalue weighted by Gasteiger charge is 2.25. The Morgan fingerprint density at radius 3 is 2.83 bits per heavy atom. The van der Waals surface area contributed by atoms with Crippen LogP contribution in [-0.2, 0) is 6.42 Å². The Kier molecular flexibility index (Phi) is 8.09. The van der Waals surface area contributed by atoms with Gasteiger partial charge in [-0.05, 0) is 24.1 Å². The van der Waals surface area contributed by atoms with Gasteiger partial charge in [-0.2, -0.15) is 4.98 Å². The van der Waals surface area contributed by atoms with Crippen molar-refractivity contribution in [2.45, 2.75) is 18.8 Å². The van der Waals surface area contributed by atoms with Gasteiger partial charge in [0.15, 0.2) is 5.96 Å². The Bertz CT molecular complexity index is 978. The van der Waals surface area contributed by atoms with Gasteiger partial charge in [-0.25, -0.2) is 0 Å². The summed E-state index contributed by atoms with van der Waals surface area (Å²) < 4.78 is 5.38. The van der Waals surface area contributed by atoms with Crippen LogP contribution in [0.1, 0.15) is 23.8 Å². The van der Waals surface area contributed by atoms with Crippen molar-refractivity contribution in [2.75, 3.05) is 26.7 Å². The number of nitrogens with zero attached hydrogens (tertiary/aromatic N) is 4. The molecule has 4 rings (SSSR count). The smallest absolute Gasteiger partial charge is 0.228 e. The lowest BCUT2D eigenvalue weighted by molar-refractivity contribution is 0.377. The number of hydrogen-bond donors (Lipinski definition) is 1. The molecule has 1 fully saturated rings. The summed E-state index contributed by atoms with van der Waals surface area (Å²) in [6.45, 7) is 2.65. The fourth-order valence-electron chi connectivity index (χ4n) is 3.66. The monoisotopic (exact) mass is 537 g/mol. The summed E-state index contributed by atoms with van der Waals surface area (Å²) in [4.78, 5) is 11.2. The fraction of sp³-hybridized carbons (Fsp3) is 0.318. The number of hydrogen-bond acceptors (Lipinski definition) is 4.